The molecule has 180 valence electrons. The van der Waals surface area contributed by atoms with E-state index in [0.29, 0.717) is 5.92 Å². The van der Waals surface area contributed by atoms with Crippen LogP contribution in [0.3, 0.4) is 0 Å². The largest absolute Gasteiger partial charge is 0.373 e. The summed E-state index contributed by atoms with van der Waals surface area (Å²) in [7, 11) is 3.80. The third-order valence-electron chi connectivity index (χ3n) is 5.02. The molecule has 0 heterocycles. The fourth-order valence-corrected chi connectivity index (χ4v) is 4.11. The van der Waals surface area contributed by atoms with Crippen molar-refractivity contribution in [2.45, 2.75) is 52.0 Å². The molecule has 0 aliphatic carbocycles. The van der Waals surface area contributed by atoms with Crippen molar-refractivity contribution in [1.82, 2.24) is 0 Å². The van der Waals surface area contributed by atoms with E-state index in [1.165, 1.54) is 6.92 Å². The average molecular weight is 471 g/mol. The van der Waals surface area contributed by atoms with Crippen molar-refractivity contribution in [3.63, 3.8) is 0 Å². The number of anilines is 3. The van der Waals surface area contributed by atoms with Crippen LogP contribution in [0.4, 0.5) is 22.7 Å². The predicted octanol–water partition coefficient (Wildman–Crippen LogP) is 6.40. The summed E-state index contributed by atoms with van der Waals surface area (Å²) in [5.74, 6) is 0.475. The van der Waals surface area contributed by atoms with Gasteiger partial charge in [-0.15, -0.1) is 0 Å². The molecule has 33 heavy (non-hydrogen) atoms. The van der Waals surface area contributed by atoms with Crippen molar-refractivity contribution in [3.05, 3.63) is 42.5 Å². The van der Waals surface area contributed by atoms with Gasteiger partial charge in [-0.2, -0.15) is 0 Å². The Morgan fingerprint density at radius 2 is 1.88 bits per heavy atom. The number of amides is 1. The topological polar surface area (TPSA) is 57.2 Å². The van der Waals surface area contributed by atoms with E-state index in [-0.39, 0.29) is 5.91 Å². The van der Waals surface area contributed by atoms with Crippen molar-refractivity contribution in [2.24, 2.45) is 10.9 Å². The first-order valence-corrected chi connectivity index (χ1v) is 12.1. The maximum atomic E-state index is 11.3. The van der Waals surface area contributed by atoms with Crippen LogP contribution in [0.5, 0.6) is 0 Å². The van der Waals surface area contributed by atoms with Gasteiger partial charge in [0.15, 0.2) is 0 Å². The summed E-state index contributed by atoms with van der Waals surface area (Å²) < 4.78 is 7.77. The summed E-state index contributed by atoms with van der Waals surface area (Å²) in [6.07, 6.45) is 1.86. The van der Waals surface area contributed by atoms with Gasteiger partial charge in [0.2, 0.25) is 5.91 Å². The Hall–Kier alpha value is -2.51. The van der Waals surface area contributed by atoms with Gasteiger partial charge in [0.05, 0.1) is 17.0 Å². The summed E-state index contributed by atoms with van der Waals surface area (Å²) >= 11 is 1.66. The zero-order valence-electron chi connectivity index (χ0n) is 21.2. The number of hydrogen-bond acceptors (Lipinski definition) is 6. The fraction of sp³-hybridized carbons (Fsp3) is 0.462. The summed E-state index contributed by atoms with van der Waals surface area (Å²) in [5.41, 5.74) is 3.44. The van der Waals surface area contributed by atoms with Crippen molar-refractivity contribution in [1.29, 1.82) is 0 Å². The first kappa shape index (κ1) is 26.7. The van der Waals surface area contributed by atoms with Crippen LogP contribution in [-0.4, -0.2) is 45.0 Å². The Kier molecular flexibility index (Phi) is 9.80. The summed E-state index contributed by atoms with van der Waals surface area (Å²) in [6, 6.07) is 14.3. The first-order valence-electron chi connectivity index (χ1n) is 11.3. The number of carbonyl (C=O) groups excluding carboxylic acids is 1. The lowest BCUT2D eigenvalue weighted by Gasteiger charge is -2.26. The van der Waals surface area contributed by atoms with Crippen molar-refractivity contribution < 1.29 is 9.53 Å². The van der Waals surface area contributed by atoms with E-state index in [2.05, 4.69) is 60.5 Å². The van der Waals surface area contributed by atoms with Crippen molar-refractivity contribution in [3.8, 4) is 0 Å². The Morgan fingerprint density at radius 1 is 1.21 bits per heavy atom. The van der Waals surface area contributed by atoms with E-state index in [1.54, 1.807) is 19.1 Å². The molecular weight excluding hydrogens is 432 g/mol. The molecule has 2 aromatic carbocycles. The molecule has 0 aliphatic heterocycles. The molecule has 0 aliphatic rings. The molecule has 0 aromatic heterocycles. The van der Waals surface area contributed by atoms with Crippen molar-refractivity contribution >= 4 is 46.8 Å². The molecule has 0 fully saturated rings. The molecule has 0 atom stereocenters. The summed E-state index contributed by atoms with van der Waals surface area (Å²) in [6.45, 7) is 13.8. The highest BCUT2D eigenvalue weighted by Crippen LogP contribution is 2.37. The lowest BCUT2D eigenvalue weighted by atomic mass is 10.1. The van der Waals surface area contributed by atoms with E-state index in [4.69, 9.17) is 9.73 Å². The highest BCUT2D eigenvalue weighted by Gasteiger charge is 2.16. The van der Waals surface area contributed by atoms with Gasteiger partial charge in [-0.3, -0.25) is 9.79 Å². The molecule has 7 heteroatoms. The van der Waals surface area contributed by atoms with Gasteiger partial charge in [0.1, 0.15) is 0 Å². The van der Waals surface area contributed by atoms with Crippen LogP contribution in [0.1, 0.15) is 41.5 Å². The van der Waals surface area contributed by atoms with Gasteiger partial charge in [0, 0.05) is 56.7 Å². The van der Waals surface area contributed by atoms with Gasteiger partial charge in [-0.1, -0.05) is 13.8 Å². The molecular formula is C26H38N4O2S. The molecule has 0 unspecified atom stereocenters. The number of methoxy groups -OCH3 is 1. The minimum Gasteiger partial charge on any atom is -0.373 e. The monoisotopic (exact) mass is 470 g/mol. The maximum absolute atomic E-state index is 11.3. The Labute approximate surface area is 203 Å². The molecule has 0 saturated carbocycles. The summed E-state index contributed by atoms with van der Waals surface area (Å²) in [4.78, 5) is 19.4. The third-order valence-corrected chi connectivity index (χ3v) is 6.19. The van der Waals surface area contributed by atoms with Crippen LogP contribution in [0, 0.1) is 5.92 Å². The number of hydrogen-bond donors (Lipinski definition) is 1. The number of carbonyl (C=O) groups is 1. The molecule has 1 N–H and O–H groups in total. The molecule has 1 amide bonds. The number of nitrogens with zero attached hydrogens (tertiary/aromatic N) is 3. The van der Waals surface area contributed by atoms with E-state index in [9.17, 15) is 4.79 Å². The van der Waals surface area contributed by atoms with Crippen LogP contribution >= 0.6 is 11.9 Å². The minimum absolute atomic E-state index is 0.0714. The second kappa shape index (κ2) is 12.1. The normalized spacial score (nSPS) is 11.8. The fourth-order valence-electron chi connectivity index (χ4n) is 3.25. The van der Waals surface area contributed by atoms with Gasteiger partial charge < -0.3 is 19.3 Å². The second-order valence-corrected chi connectivity index (χ2v) is 10.1. The predicted molar refractivity (Wildman–Crippen MR) is 143 cm³/mol. The second-order valence-electron chi connectivity index (χ2n) is 9.00. The highest BCUT2D eigenvalue weighted by molar-refractivity contribution is 8.00. The minimum atomic E-state index is -0.446. The number of ether oxygens (including phenoxy) is 1. The van der Waals surface area contributed by atoms with Crippen LogP contribution in [0.2, 0.25) is 0 Å². The third kappa shape index (κ3) is 8.41. The van der Waals surface area contributed by atoms with Gasteiger partial charge in [-0.05, 0) is 81.1 Å². The van der Waals surface area contributed by atoms with Crippen molar-refractivity contribution in [2.75, 3.05) is 41.8 Å². The number of aliphatic imine (C=N–C) groups is 1. The molecule has 2 aromatic rings. The number of nitrogens with one attached hydrogen (secondary N) is 1. The Balaban J connectivity index is 2.34. The van der Waals surface area contributed by atoms with Gasteiger partial charge >= 0.3 is 0 Å². The van der Waals surface area contributed by atoms with Gasteiger partial charge in [-0.25, -0.2) is 0 Å². The quantitative estimate of drug-likeness (QED) is 0.304. The standard InChI is InChI=1S/C26H38N4O2S/c1-9-30(33-23-13-10-21(11-14-23)28-20(4)31)22-12-15-25(29(7)17-19(2)3)24(16-22)27-18-26(5,6)32-8/h10-16,18-19H,9,17H2,1-8H3,(H,28,31). The average Bonchev–Trinajstić information content (AvgIpc) is 2.76. The molecule has 0 spiro atoms. The summed E-state index contributed by atoms with van der Waals surface area (Å²) in [5, 5.41) is 2.81. The van der Waals surface area contributed by atoms with E-state index < -0.39 is 5.60 Å². The van der Waals surface area contributed by atoms with Crippen LogP contribution in [0.25, 0.3) is 0 Å². The Bertz CT molecular complexity index is 942. The first-order chi connectivity index (χ1) is 15.5. The Morgan fingerprint density at radius 3 is 2.42 bits per heavy atom. The highest BCUT2D eigenvalue weighted by atomic mass is 32.2. The van der Waals surface area contributed by atoms with E-state index in [0.717, 1.165) is 40.7 Å². The van der Waals surface area contributed by atoms with Crippen LogP contribution in [0.15, 0.2) is 52.4 Å². The number of benzene rings is 2. The molecule has 2 rings (SSSR count). The van der Waals surface area contributed by atoms with Crippen LogP contribution < -0.4 is 14.5 Å². The SMILES string of the molecule is CCN(Sc1ccc(NC(C)=O)cc1)c1ccc(N(C)CC(C)C)c(N=CC(C)(C)OC)c1. The smallest absolute Gasteiger partial charge is 0.221 e. The molecule has 0 bridgehead atoms. The molecule has 0 saturated heterocycles. The zero-order chi connectivity index (χ0) is 24.6. The van der Waals surface area contributed by atoms with E-state index in [1.807, 2.05) is 44.3 Å². The molecule has 0 radical (unpaired) electrons. The maximum Gasteiger partial charge on any atom is 0.221 e. The lowest BCUT2D eigenvalue weighted by molar-refractivity contribution is -0.114. The van der Waals surface area contributed by atoms with E-state index >= 15 is 0 Å². The molecule has 6 nitrogen and oxygen atoms in total. The zero-order valence-corrected chi connectivity index (χ0v) is 22.0. The van der Waals surface area contributed by atoms with Gasteiger partial charge in [0.25, 0.3) is 0 Å². The number of rotatable bonds is 11. The lowest BCUT2D eigenvalue weighted by Crippen LogP contribution is -2.24. The van der Waals surface area contributed by atoms with Crippen LogP contribution in [-0.2, 0) is 9.53 Å².